The molecule has 0 saturated heterocycles. The zero-order valence-electron chi connectivity index (χ0n) is 9.37. The molecule has 1 N–H and O–H groups in total. The van der Waals surface area contributed by atoms with Crippen LogP contribution >= 0.6 is 0 Å². The third-order valence-electron chi connectivity index (χ3n) is 3.89. The van der Waals surface area contributed by atoms with Crippen LogP contribution in [-0.2, 0) is 9.53 Å². The molecule has 0 spiro atoms. The topological polar surface area (TPSA) is 46.5 Å². The van der Waals surface area contributed by atoms with Crippen LogP contribution in [0.15, 0.2) is 0 Å². The van der Waals surface area contributed by atoms with Crippen molar-refractivity contribution in [3.05, 3.63) is 0 Å². The van der Waals surface area contributed by atoms with Gasteiger partial charge in [0.2, 0.25) is 5.79 Å². The van der Waals surface area contributed by atoms with Crippen LogP contribution in [0.5, 0.6) is 0 Å². The Bertz CT molecular complexity index is 251. The Morgan fingerprint density at radius 2 is 1.93 bits per heavy atom. The third kappa shape index (κ3) is 2.51. The Hall–Kier alpha value is -0.570. The summed E-state index contributed by atoms with van der Waals surface area (Å²) in [6.07, 6.45) is 7.35. The molecular formula is C12H20O3. The SMILES string of the molecule is CC(=O)O[C@]1(O)CC[C@@H]2CCCC[C@H]2C1. The average Bonchev–Trinajstić information content (AvgIpc) is 2.15. The summed E-state index contributed by atoms with van der Waals surface area (Å²) >= 11 is 0. The Kier molecular flexibility index (Phi) is 3.01. The molecule has 3 nitrogen and oxygen atoms in total. The van der Waals surface area contributed by atoms with Gasteiger partial charge in [-0.1, -0.05) is 19.3 Å². The number of esters is 1. The quantitative estimate of drug-likeness (QED) is 0.535. The number of fused-ring (bicyclic) bond motifs is 1. The molecule has 0 unspecified atom stereocenters. The lowest BCUT2D eigenvalue weighted by Crippen LogP contribution is -2.43. The molecule has 2 rings (SSSR count). The van der Waals surface area contributed by atoms with Crippen LogP contribution in [0.4, 0.5) is 0 Å². The highest BCUT2D eigenvalue weighted by Crippen LogP contribution is 2.44. The minimum atomic E-state index is -1.16. The Balaban J connectivity index is 1.97. The fourth-order valence-electron chi connectivity index (χ4n) is 3.22. The molecule has 3 heteroatoms. The molecule has 3 atom stereocenters. The minimum absolute atomic E-state index is 0.369. The van der Waals surface area contributed by atoms with Gasteiger partial charge in [0.1, 0.15) is 0 Å². The number of carbonyl (C=O) groups excluding carboxylic acids is 1. The van der Waals surface area contributed by atoms with E-state index in [0.717, 1.165) is 12.3 Å². The normalized spacial score (nSPS) is 40.7. The van der Waals surface area contributed by atoms with Gasteiger partial charge in [0.15, 0.2) is 0 Å². The Morgan fingerprint density at radius 3 is 2.60 bits per heavy atom. The monoisotopic (exact) mass is 212 g/mol. The van der Waals surface area contributed by atoms with Crippen molar-refractivity contribution in [3.63, 3.8) is 0 Å². The van der Waals surface area contributed by atoms with Crippen LogP contribution in [-0.4, -0.2) is 16.9 Å². The summed E-state index contributed by atoms with van der Waals surface area (Å²) in [5.41, 5.74) is 0. The molecule has 0 bridgehead atoms. The van der Waals surface area contributed by atoms with E-state index in [1.807, 2.05) is 0 Å². The van der Waals surface area contributed by atoms with Gasteiger partial charge in [-0.3, -0.25) is 4.79 Å². The lowest BCUT2D eigenvalue weighted by atomic mass is 9.69. The van der Waals surface area contributed by atoms with Crippen molar-refractivity contribution < 1.29 is 14.6 Å². The van der Waals surface area contributed by atoms with Crippen molar-refractivity contribution in [1.82, 2.24) is 0 Å². The van der Waals surface area contributed by atoms with E-state index in [4.69, 9.17) is 4.74 Å². The molecule has 0 aliphatic heterocycles. The smallest absolute Gasteiger partial charge is 0.305 e. The van der Waals surface area contributed by atoms with Crippen molar-refractivity contribution in [2.75, 3.05) is 0 Å². The molecule has 2 fully saturated rings. The maximum Gasteiger partial charge on any atom is 0.305 e. The number of aliphatic hydroxyl groups is 1. The molecule has 2 aliphatic rings. The maximum absolute atomic E-state index is 10.9. The zero-order chi connectivity index (χ0) is 10.9. The van der Waals surface area contributed by atoms with Gasteiger partial charge in [0.05, 0.1) is 0 Å². The predicted octanol–water partition coefficient (Wildman–Crippen LogP) is 2.23. The number of ether oxygens (including phenoxy) is 1. The standard InChI is InChI=1S/C12H20O3/c1-9(13)15-12(14)7-6-10-4-2-3-5-11(10)8-12/h10-11,14H,2-8H2,1H3/t10-,11-,12+/m0/s1. The van der Waals surface area contributed by atoms with Gasteiger partial charge < -0.3 is 9.84 Å². The van der Waals surface area contributed by atoms with Crippen LogP contribution < -0.4 is 0 Å². The Labute approximate surface area is 90.8 Å². The van der Waals surface area contributed by atoms with Crippen LogP contribution in [0.3, 0.4) is 0 Å². The molecule has 2 aliphatic carbocycles. The van der Waals surface area contributed by atoms with Crippen molar-refractivity contribution in [2.45, 2.75) is 57.7 Å². The number of rotatable bonds is 1. The lowest BCUT2D eigenvalue weighted by molar-refractivity contribution is -0.230. The highest BCUT2D eigenvalue weighted by Gasteiger charge is 2.42. The highest BCUT2D eigenvalue weighted by molar-refractivity contribution is 5.66. The van der Waals surface area contributed by atoms with Crippen molar-refractivity contribution in [3.8, 4) is 0 Å². The highest BCUT2D eigenvalue weighted by atomic mass is 16.7. The van der Waals surface area contributed by atoms with Gasteiger partial charge in [-0.05, 0) is 24.7 Å². The first-order chi connectivity index (χ1) is 7.09. The van der Waals surface area contributed by atoms with Crippen molar-refractivity contribution >= 4 is 5.97 Å². The number of carbonyl (C=O) groups is 1. The second kappa shape index (κ2) is 4.12. The summed E-state index contributed by atoms with van der Waals surface area (Å²) in [4.78, 5) is 10.9. The summed E-state index contributed by atoms with van der Waals surface area (Å²) < 4.78 is 5.04. The van der Waals surface area contributed by atoms with E-state index in [-0.39, 0.29) is 5.97 Å². The van der Waals surface area contributed by atoms with Crippen LogP contribution in [0.2, 0.25) is 0 Å². The number of hydrogen-bond donors (Lipinski definition) is 1. The molecule has 0 amide bonds. The molecule has 0 aromatic rings. The average molecular weight is 212 g/mol. The van der Waals surface area contributed by atoms with E-state index in [0.29, 0.717) is 18.8 Å². The zero-order valence-corrected chi connectivity index (χ0v) is 9.37. The van der Waals surface area contributed by atoms with Crippen molar-refractivity contribution in [2.24, 2.45) is 11.8 Å². The molecule has 0 aromatic carbocycles. The second-order valence-electron chi connectivity index (χ2n) is 5.09. The van der Waals surface area contributed by atoms with Gasteiger partial charge in [-0.25, -0.2) is 0 Å². The van der Waals surface area contributed by atoms with Gasteiger partial charge in [0.25, 0.3) is 0 Å². The van der Waals surface area contributed by atoms with E-state index in [9.17, 15) is 9.90 Å². The molecular weight excluding hydrogens is 192 g/mol. The second-order valence-corrected chi connectivity index (χ2v) is 5.09. The van der Waals surface area contributed by atoms with Crippen LogP contribution in [0.25, 0.3) is 0 Å². The van der Waals surface area contributed by atoms with E-state index in [1.165, 1.54) is 32.6 Å². The molecule has 0 radical (unpaired) electrons. The van der Waals surface area contributed by atoms with Gasteiger partial charge in [-0.2, -0.15) is 0 Å². The molecule has 15 heavy (non-hydrogen) atoms. The first kappa shape index (κ1) is 10.9. The first-order valence-electron chi connectivity index (χ1n) is 6.01. The summed E-state index contributed by atoms with van der Waals surface area (Å²) in [7, 11) is 0. The molecule has 0 aromatic heterocycles. The van der Waals surface area contributed by atoms with Gasteiger partial charge >= 0.3 is 5.97 Å². The molecule has 2 saturated carbocycles. The first-order valence-corrected chi connectivity index (χ1v) is 6.01. The fraction of sp³-hybridized carbons (Fsp3) is 0.917. The third-order valence-corrected chi connectivity index (χ3v) is 3.89. The van der Waals surface area contributed by atoms with E-state index < -0.39 is 5.79 Å². The van der Waals surface area contributed by atoms with Gasteiger partial charge in [-0.15, -0.1) is 0 Å². The van der Waals surface area contributed by atoms with Gasteiger partial charge in [0, 0.05) is 19.8 Å². The summed E-state index contributed by atoms with van der Waals surface area (Å²) in [5, 5.41) is 10.1. The summed E-state index contributed by atoms with van der Waals surface area (Å²) in [5.74, 6) is -0.206. The largest absolute Gasteiger partial charge is 0.433 e. The van der Waals surface area contributed by atoms with Crippen molar-refractivity contribution in [1.29, 1.82) is 0 Å². The summed E-state index contributed by atoms with van der Waals surface area (Å²) in [6.45, 7) is 1.37. The predicted molar refractivity (Wildman–Crippen MR) is 56.0 cm³/mol. The minimum Gasteiger partial charge on any atom is -0.433 e. The lowest BCUT2D eigenvalue weighted by Gasteiger charge is -2.42. The van der Waals surface area contributed by atoms with E-state index in [2.05, 4.69) is 0 Å². The molecule has 86 valence electrons. The fourth-order valence-corrected chi connectivity index (χ4v) is 3.22. The molecule has 0 heterocycles. The number of hydrogen-bond acceptors (Lipinski definition) is 3. The summed E-state index contributed by atoms with van der Waals surface area (Å²) in [6, 6.07) is 0. The Morgan fingerprint density at radius 1 is 1.27 bits per heavy atom. The maximum atomic E-state index is 10.9. The van der Waals surface area contributed by atoms with E-state index in [1.54, 1.807) is 0 Å². The van der Waals surface area contributed by atoms with E-state index >= 15 is 0 Å². The van der Waals surface area contributed by atoms with Crippen LogP contribution in [0, 0.1) is 11.8 Å². The van der Waals surface area contributed by atoms with Crippen LogP contribution in [0.1, 0.15) is 51.9 Å².